The maximum absolute atomic E-state index is 12.5. The molecule has 0 fully saturated rings. The highest BCUT2D eigenvalue weighted by Crippen LogP contribution is 2.17. The Bertz CT molecular complexity index is 612. The number of aromatic carboxylic acids is 1. The normalized spacial score (nSPS) is 11.6. The van der Waals surface area contributed by atoms with Crippen LogP contribution in [0.2, 0.25) is 0 Å². The molecular weight excluding hydrogens is 400 g/mol. The summed E-state index contributed by atoms with van der Waals surface area (Å²) in [6.45, 7) is 6.71. The van der Waals surface area contributed by atoms with E-state index in [1.165, 1.54) is 6.07 Å². The summed E-state index contributed by atoms with van der Waals surface area (Å²) in [4.78, 5) is 27.1. The van der Waals surface area contributed by atoms with Crippen molar-refractivity contribution in [2.24, 2.45) is 5.92 Å². The molecule has 0 aromatic heterocycles. The first-order chi connectivity index (χ1) is 14.9. The lowest BCUT2D eigenvalue weighted by molar-refractivity contribution is 0.0677. The topological polar surface area (TPSA) is 122 Å². The van der Waals surface area contributed by atoms with Gasteiger partial charge in [0.05, 0.1) is 30.9 Å². The number of hydrogen-bond donors (Lipinski definition) is 4. The van der Waals surface area contributed by atoms with E-state index in [2.05, 4.69) is 13.8 Å². The zero-order valence-corrected chi connectivity index (χ0v) is 19.2. The fourth-order valence-electron chi connectivity index (χ4n) is 3.21. The van der Waals surface area contributed by atoms with Gasteiger partial charge in [-0.25, -0.2) is 4.79 Å². The monoisotopic (exact) mass is 440 g/mol. The number of carbonyl (C=O) groups excluding carboxylic acids is 1. The summed E-state index contributed by atoms with van der Waals surface area (Å²) >= 11 is 0. The fraction of sp³-hybridized carbons (Fsp3) is 0.652. The van der Waals surface area contributed by atoms with Crippen LogP contribution in [0, 0.1) is 5.92 Å². The minimum absolute atomic E-state index is 0.0657. The number of amides is 1. The average molecular weight is 441 g/mol. The standard InChI is InChI=1S/C17H25NO3.C6H15NO3/c1-4-6-9-13(5-2)12-18(3)16(19)14-10-7-8-11-15(14)17(20)21;8-4-1-7(2-5-9)3-6-10/h7-8,10-11,13H,4-6,9,12H2,1-3H3,(H,20,21);8-10H,1-6H2. The van der Waals surface area contributed by atoms with Crippen LogP contribution in [0.4, 0.5) is 0 Å². The number of hydrogen-bond acceptors (Lipinski definition) is 6. The largest absolute Gasteiger partial charge is 0.478 e. The number of aliphatic hydroxyl groups excluding tert-OH is 3. The molecular formula is C23H40N2O6. The smallest absolute Gasteiger partial charge is 0.336 e. The molecule has 8 nitrogen and oxygen atoms in total. The maximum Gasteiger partial charge on any atom is 0.336 e. The molecule has 1 unspecified atom stereocenters. The van der Waals surface area contributed by atoms with Crippen molar-refractivity contribution in [3.63, 3.8) is 0 Å². The predicted octanol–water partition coefficient (Wildman–Crippen LogP) is 1.94. The third kappa shape index (κ3) is 11.8. The molecule has 0 aliphatic rings. The Morgan fingerprint density at radius 1 is 0.935 bits per heavy atom. The number of carboxylic acids is 1. The van der Waals surface area contributed by atoms with Gasteiger partial charge in [-0.2, -0.15) is 0 Å². The highest BCUT2D eigenvalue weighted by atomic mass is 16.4. The number of carbonyl (C=O) groups is 2. The van der Waals surface area contributed by atoms with Gasteiger partial charge >= 0.3 is 5.97 Å². The summed E-state index contributed by atoms with van der Waals surface area (Å²) in [5, 5.41) is 34.6. The maximum atomic E-state index is 12.5. The van der Waals surface area contributed by atoms with E-state index >= 15 is 0 Å². The summed E-state index contributed by atoms with van der Waals surface area (Å²) in [6.07, 6.45) is 4.44. The van der Waals surface area contributed by atoms with Gasteiger partial charge in [0.25, 0.3) is 5.91 Å². The third-order valence-electron chi connectivity index (χ3n) is 5.06. The Morgan fingerprint density at radius 3 is 1.87 bits per heavy atom. The van der Waals surface area contributed by atoms with Crippen molar-refractivity contribution in [3.8, 4) is 0 Å². The molecule has 1 rings (SSSR count). The molecule has 1 amide bonds. The molecule has 4 N–H and O–H groups in total. The lowest BCUT2D eigenvalue weighted by Gasteiger charge is -2.24. The van der Waals surface area contributed by atoms with Gasteiger partial charge in [-0.05, 0) is 24.5 Å². The number of nitrogens with zero attached hydrogens (tertiary/aromatic N) is 2. The Kier molecular flexibility index (Phi) is 16.5. The number of unbranched alkanes of at least 4 members (excludes halogenated alkanes) is 1. The van der Waals surface area contributed by atoms with E-state index in [9.17, 15) is 9.59 Å². The quantitative estimate of drug-likeness (QED) is 0.349. The van der Waals surface area contributed by atoms with Crippen LogP contribution in [0.25, 0.3) is 0 Å². The van der Waals surface area contributed by atoms with Gasteiger partial charge in [-0.15, -0.1) is 0 Å². The molecule has 0 aliphatic heterocycles. The van der Waals surface area contributed by atoms with Gasteiger partial charge in [0.15, 0.2) is 0 Å². The summed E-state index contributed by atoms with van der Waals surface area (Å²) in [6, 6.07) is 6.38. The van der Waals surface area contributed by atoms with E-state index < -0.39 is 5.97 Å². The van der Waals surface area contributed by atoms with Crippen LogP contribution in [-0.4, -0.2) is 95.1 Å². The van der Waals surface area contributed by atoms with Gasteiger partial charge in [0, 0.05) is 33.2 Å². The molecule has 31 heavy (non-hydrogen) atoms. The Morgan fingerprint density at radius 2 is 1.45 bits per heavy atom. The second-order valence-electron chi connectivity index (χ2n) is 7.47. The third-order valence-corrected chi connectivity index (χ3v) is 5.06. The van der Waals surface area contributed by atoms with Gasteiger partial charge in [-0.1, -0.05) is 45.2 Å². The summed E-state index contributed by atoms with van der Waals surface area (Å²) in [5.74, 6) is -0.816. The Labute approximate surface area is 186 Å². The predicted molar refractivity (Wildman–Crippen MR) is 121 cm³/mol. The van der Waals surface area contributed by atoms with Crippen LogP contribution in [-0.2, 0) is 0 Å². The molecule has 0 radical (unpaired) electrons. The van der Waals surface area contributed by atoms with Gasteiger partial charge in [0.2, 0.25) is 0 Å². The molecule has 0 bridgehead atoms. The number of carboxylic acid groups (broad SMARTS) is 1. The second kappa shape index (κ2) is 17.7. The first-order valence-electron chi connectivity index (χ1n) is 11.0. The molecule has 178 valence electrons. The van der Waals surface area contributed by atoms with E-state index in [1.54, 1.807) is 35.0 Å². The van der Waals surface area contributed by atoms with Crippen LogP contribution < -0.4 is 0 Å². The number of rotatable bonds is 14. The Hall–Kier alpha value is -2.00. The molecule has 0 spiro atoms. The second-order valence-corrected chi connectivity index (χ2v) is 7.47. The van der Waals surface area contributed by atoms with Crippen LogP contribution in [0.1, 0.15) is 60.2 Å². The Balaban J connectivity index is 0.000000759. The van der Waals surface area contributed by atoms with Crippen molar-refractivity contribution in [3.05, 3.63) is 35.4 Å². The van der Waals surface area contributed by atoms with E-state index in [-0.39, 0.29) is 36.9 Å². The van der Waals surface area contributed by atoms with Crippen LogP contribution in [0.15, 0.2) is 24.3 Å². The van der Waals surface area contributed by atoms with Gasteiger partial charge < -0.3 is 25.3 Å². The minimum Gasteiger partial charge on any atom is -0.478 e. The van der Waals surface area contributed by atoms with Crippen molar-refractivity contribution in [2.75, 3.05) is 53.0 Å². The van der Waals surface area contributed by atoms with Crippen molar-refractivity contribution in [1.29, 1.82) is 0 Å². The molecule has 0 heterocycles. The average Bonchev–Trinajstić information content (AvgIpc) is 2.77. The van der Waals surface area contributed by atoms with E-state index in [0.717, 1.165) is 25.7 Å². The zero-order valence-electron chi connectivity index (χ0n) is 19.2. The van der Waals surface area contributed by atoms with Crippen LogP contribution >= 0.6 is 0 Å². The molecule has 0 saturated heterocycles. The molecule has 1 aromatic rings. The van der Waals surface area contributed by atoms with Crippen LogP contribution in [0.5, 0.6) is 0 Å². The van der Waals surface area contributed by atoms with Crippen molar-refractivity contribution < 1.29 is 30.0 Å². The summed E-state index contributed by atoms with van der Waals surface area (Å²) in [7, 11) is 1.75. The summed E-state index contributed by atoms with van der Waals surface area (Å²) in [5.41, 5.74) is 0.328. The van der Waals surface area contributed by atoms with Crippen LogP contribution in [0.3, 0.4) is 0 Å². The lowest BCUT2D eigenvalue weighted by atomic mass is 9.98. The minimum atomic E-state index is -1.06. The zero-order chi connectivity index (χ0) is 23.6. The number of benzene rings is 1. The van der Waals surface area contributed by atoms with Gasteiger partial charge in [0.1, 0.15) is 0 Å². The molecule has 1 aromatic carbocycles. The fourth-order valence-corrected chi connectivity index (χ4v) is 3.21. The van der Waals surface area contributed by atoms with Crippen molar-refractivity contribution >= 4 is 11.9 Å². The highest BCUT2D eigenvalue weighted by molar-refractivity contribution is 6.04. The first kappa shape index (κ1) is 29.0. The number of aliphatic hydroxyl groups is 3. The van der Waals surface area contributed by atoms with Gasteiger partial charge in [-0.3, -0.25) is 9.69 Å². The molecule has 0 aliphatic carbocycles. The lowest BCUT2D eigenvalue weighted by Crippen LogP contribution is -2.32. The van der Waals surface area contributed by atoms with E-state index in [1.807, 2.05) is 0 Å². The first-order valence-corrected chi connectivity index (χ1v) is 11.0. The molecule has 8 heteroatoms. The highest BCUT2D eigenvalue weighted by Gasteiger charge is 2.20. The summed E-state index contributed by atoms with van der Waals surface area (Å²) < 4.78 is 0. The molecule has 0 saturated carbocycles. The van der Waals surface area contributed by atoms with Crippen molar-refractivity contribution in [2.45, 2.75) is 39.5 Å². The van der Waals surface area contributed by atoms with E-state index in [0.29, 0.717) is 32.1 Å². The van der Waals surface area contributed by atoms with E-state index in [4.69, 9.17) is 20.4 Å². The molecule has 1 atom stereocenters. The van der Waals surface area contributed by atoms with Crippen molar-refractivity contribution in [1.82, 2.24) is 9.80 Å². The SMILES string of the molecule is CCCCC(CC)CN(C)C(=O)c1ccccc1C(=O)O.OCCN(CCO)CCO.